The van der Waals surface area contributed by atoms with Gasteiger partial charge in [0.25, 0.3) is 0 Å². The summed E-state index contributed by atoms with van der Waals surface area (Å²) in [6, 6.07) is 8.27. The van der Waals surface area contributed by atoms with Crippen molar-refractivity contribution < 1.29 is 14.3 Å². The maximum absolute atomic E-state index is 11.5. The van der Waals surface area contributed by atoms with Gasteiger partial charge in [-0.25, -0.2) is 0 Å². The van der Waals surface area contributed by atoms with Gasteiger partial charge in [-0.15, -0.1) is 23.5 Å². The van der Waals surface area contributed by atoms with Crippen LogP contribution in [0, 0.1) is 5.92 Å². The quantitative estimate of drug-likeness (QED) is 0.801. The van der Waals surface area contributed by atoms with Crippen LogP contribution in [0.25, 0.3) is 0 Å². The van der Waals surface area contributed by atoms with Crippen LogP contribution in [-0.4, -0.2) is 31.2 Å². The molecule has 0 spiro atoms. The summed E-state index contributed by atoms with van der Waals surface area (Å²) in [5.74, 6) is 3.36. The predicted molar refractivity (Wildman–Crippen MR) is 83.3 cm³/mol. The second-order valence-corrected chi connectivity index (χ2v) is 7.97. The lowest BCUT2D eigenvalue weighted by molar-refractivity contribution is -0.137. The fourth-order valence-corrected chi connectivity index (χ4v) is 6.35. The number of ether oxygens (including phenoxy) is 2. The Morgan fingerprint density at radius 3 is 2.50 bits per heavy atom. The molecule has 1 atom stereocenters. The lowest BCUT2D eigenvalue weighted by Gasteiger charge is -2.40. The predicted octanol–water partition coefficient (Wildman–Crippen LogP) is 3.28. The van der Waals surface area contributed by atoms with Crippen molar-refractivity contribution in [1.29, 1.82) is 0 Å². The largest absolute Gasteiger partial charge is 0.497 e. The van der Waals surface area contributed by atoms with Gasteiger partial charge in [-0.2, -0.15) is 0 Å². The summed E-state index contributed by atoms with van der Waals surface area (Å²) in [6.07, 6.45) is 1.76. The second kappa shape index (κ2) is 5.90. The molecule has 3 rings (SSSR count). The molecule has 0 aliphatic carbocycles. The van der Waals surface area contributed by atoms with Crippen LogP contribution in [0.1, 0.15) is 18.4 Å². The van der Waals surface area contributed by atoms with Crippen molar-refractivity contribution in [3.05, 3.63) is 29.8 Å². The summed E-state index contributed by atoms with van der Waals surface area (Å²) in [6.45, 7) is 0.546. The molecule has 2 aliphatic rings. The zero-order chi connectivity index (χ0) is 14.0. The topological polar surface area (TPSA) is 35.5 Å². The molecule has 0 saturated carbocycles. The lowest BCUT2D eigenvalue weighted by Crippen LogP contribution is -2.32. The number of carbonyl (C=O) groups excluding carboxylic acids is 1. The molecule has 3 nitrogen and oxygen atoms in total. The van der Waals surface area contributed by atoms with E-state index >= 15 is 0 Å². The molecule has 2 aliphatic heterocycles. The average molecular weight is 310 g/mol. The van der Waals surface area contributed by atoms with Crippen molar-refractivity contribution in [3.63, 3.8) is 0 Å². The van der Waals surface area contributed by atoms with Gasteiger partial charge < -0.3 is 9.47 Å². The van der Waals surface area contributed by atoms with E-state index in [4.69, 9.17) is 9.47 Å². The van der Waals surface area contributed by atoms with Gasteiger partial charge in [-0.3, -0.25) is 4.79 Å². The molecule has 2 heterocycles. The molecule has 0 N–H and O–H groups in total. The number of rotatable bonds is 3. The molecule has 0 bridgehead atoms. The van der Waals surface area contributed by atoms with Gasteiger partial charge >= 0.3 is 5.97 Å². The van der Waals surface area contributed by atoms with E-state index < -0.39 is 0 Å². The number of cyclic esters (lactones) is 1. The molecule has 1 aromatic rings. The molecule has 108 valence electrons. The third-order valence-corrected chi connectivity index (χ3v) is 7.50. The van der Waals surface area contributed by atoms with Gasteiger partial charge in [-0.05, 0) is 35.6 Å². The lowest BCUT2D eigenvalue weighted by atomic mass is 9.97. The molecule has 2 saturated heterocycles. The van der Waals surface area contributed by atoms with Crippen LogP contribution in [0.4, 0.5) is 0 Å². The average Bonchev–Trinajstić information content (AvgIpc) is 2.95. The van der Waals surface area contributed by atoms with Gasteiger partial charge in [0.15, 0.2) is 0 Å². The summed E-state index contributed by atoms with van der Waals surface area (Å²) in [7, 11) is 1.68. The first-order valence-electron chi connectivity index (χ1n) is 6.82. The standard InChI is InChI=1S/C15H18O3S2/c1-17-13-5-3-11(4-6-13)15(19-7-2-8-20-15)12-9-14(16)18-10-12/h3-6,12H,2,7-10H2,1H3. The Hall–Kier alpha value is -0.810. The van der Waals surface area contributed by atoms with Crippen LogP contribution >= 0.6 is 23.5 Å². The number of methoxy groups -OCH3 is 1. The number of hydrogen-bond acceptors (Lipinski definition) is 5. The van der Waals surface area contributed by atoms with E-state index in [1.54, 1.807) is 7.11 Å². The molecule has 0 amide bonds. The zero-order valence-electron chi connectivity index (χ0n) is 11.5. The highest BCUT2D eigenvalue weighted by atomic mass is 32.2. The second-order valence-electron chi connectivity index (χ2n) is 5.03. The molecule has 5 heteroatoms. The van der Waals surface area contributed by atoms with Gasteiger partial charge in [0.1, 0.15) is 5.75 Å². The van der Waals surface area contributed by atoms with E-state index in [0.717, 1.165) is 17.3 Å². The van der Waals surface area contributed by atoms with Crippen molar-refractivity contribution in [2.24, 2.45) is 5.92 Å². The third-order valence-electron chi connectivity index (χ3n) is 3.81. The van der Waals surface area contributed by atoms with Crippen LogP contribution < -0.4 is 4.74 Å². The molecule has 0 aromatic heterocycles. The van der Waals surface area contributed by atoms with Crippen LogP contribution in [0.15, 0.2) is 24.3 Å². The van der Waals surface area contributed by atoms with Crippen LogP contribution in [-0.2, 0) is 13.6 Å². The van der Waals surface area contributed by atoms with E-state index in [1.165, 1.54) is 12.0 Å². The first kappa shape index (κ1) is 14.1. The molecule has 2 fully saturated rings. The van der Waals surface area contributed by atoms with E-state index in [-0.39, 0.29) is 16.0 Å². The molecule has 20 heavy (non-hydrogen) atoms. The van der Waals surface area contributed by atoms with E-state index in [1.807, 2.05) is 35.7 Å². The van der Waals surface area contributed by atoms with E-state index in [0.29, 0.717) is 13.0 Å². The van der Waals surface area contributed by atoms with Gasteiger partial charge in [0.2, 0.25) is 0 Å². The molecular formula is C15H18O3S2. The number of carbonyl (C=O) groups is 1. The van der Waals surface area contributed by atoms with Crippen molar-refractivity contribution in [1.82, 2.24) is 0 Å². The molecule has 1 unspecified atom stereocenters. The minimum Gasteiger partial charge on any atom is -0.497 e. The summed E-state index contributed by atoms with van der Waals surface area (Å²) in [4.78, 5) is 11.5. The fourth-order valence-electron chi connectivity index (χ4n) is 2.77. The van der Waals surface area contributed by atoms with Gasteiger partial charge in [-0.1, -0.05) is 12.1 Å². The normalized spacial score (nSPS) is 25.2. The number of thioether (sulfide) groups is 2. The molecule has 1 aromatic carbocycles. The van der Waals surface area contributed by atoms with Gasteiger partial charge in [0.05, 0.1) is 24.2 Å². The SMILES string of the molecule is COc1ccc(C2(C3COC(=O)C3)SCCCS2)cc1. The highest BCUT2D eigenvalue weighted by molar-refractivity contribution is 8.18. The van der Waals surface area contributed by atoms with Crippen molar-refractivity contribution in [2.75, 3.05) is 25.2 Å². The summed E-state index contributed by atoms with van der Waals surface area (Å²) in [5, 5.41) is 0. The Bertz CT molecular complexity index is 480. The third kappa shape index (κ3) is 2.53. The zero-order valence-corrected chi connectivity index (χ0v) is 13.1. The van der Waals surface area contributed by atoms with Crippen molar-refractivity contribution in [2.45, 2.75) is 16.9 Å². The molecular weight excluding hydrogens is 292 g/mol. The summed E-state index contributed by atoms with van der Waals surface area (Å²) < 4.78 is 10.4. The Morgan fingerprint density at radius 2 is 1.95 bits per heavy atom. The first-order chi connectivity index (χ1) is 9.74. The van der Waals surface area contributed by atoms with Crippen molar-refractivity contribution in [3.8, 4) is 5.75 Å². The highest BCUT2D eigenvalue weighted by Gasteiger charge is 2.47. The first-order valence-corrected chi connectivity index (χ1v) is 8.80. The number of esters is 1. The molecule has 0 radical (unpaired) electrons. The van der Waals surface area contributed by atoms with Crippen LogP contribution in [0.3, 0.4) is 0 Å². The summed E-state index contributed by atoms with van der Waals surface area (Å²) in [5.41, 5.74) is 1.27. The van der Waals surface area contributed by atoms with E-state index in [9.17, 15) is 4.79 Å². The summed E-state index contributed by atoms with van der Waals surface area (Å²) >= 11 is 3.93. The van der Waals surface area contributed by atoms with Gasteiger partial charge in [0, 0.05) is 5.92 Å². The maximum Gasteiger partial charge on any atom is 0.306 e. The van der Waals surface area contributed by atoms with Crippen LogP contribution in [0.5, 0.6) is 5.75 Å². The van der Waals surface area contributed by atoms with E-state index in [2.05, 4.69) is 12.1 Å². The monoisotopic (exact) mass is 310 g/mol. The maximum atomic E-state index is 11.5. The Morgan fingerprint density at radius 1 is 1.25 bits per heavy atom. The minimum atomic E-state index is -0.0605. The fraction of sp³-hybridized carbons (Fsp3) is 0.533. The van der Waals surface area contributed by atoms with Crippen LogP contribution in [0.2, 0.25) is 0 Å². The Kier molecular flexibility index (Phi) is 4.17. The Labute approximate surface area is 127 Å². The highest BCUT2D eigenvalue weighted by Crippen LogP contribution is 2.57. The Balaban J connectivity index is 1.93. The number of hydrogen-bond donors (Lipinski definition) is 0. The van der Waals surface area contributed by atoms with Crippen molar-refractivity contribution >= 4 is 29.5 Å². The smallest absolute Gasteiger partial charge is 0.306 e. The minimum absolute atomic E-state index is 0.0450. The number of benzene rings is 1.